The number of hydrogen-bond donors (Lipinski definition) is 2. The third-order valence-electron chi connectivity index (χ3n) is 6.28. The van der Waals surface area contributed by atoms with Gasteiger partial charge in [-0.25, -0.2) is 18.7 Å². The number of aryl methyl sites for hydroxylation is 1. The second kappa shape index (κ2) is 7.33. The fraction of sp³-hybridized carbons (Fsp3) is 0.250. The number of H-pyrrole nitrogens is 2. The van der Waals surface area contributed by atoms with Gasteiger partial charge in [-0.3, -0.25) is 10.1 Å². The molecule has 1 aliphatic heterocycles. The molecule has 0 radical (unpaired) electrons. The zero-order valence-electron chi connectivity index (χ0n) is 17.9. The van der Waals surface area contributed by atoms with E-state index in [1.54, 1.807) is 12.4 Å². The van der Waals surface area contributed by atoms with Crippen molar-refractivity contribution < 1.29 is 8.78 Å². The third-order valence-corrected chi connectivity index (χ3v) is 6.28. The molecule has 1 fully saturated rings. The lowest BCUT2D eigenvalue weighted by Crippen LogP contribution is -2.39. The number of anilines is 1. The number of alkyl halides is 2. The SMILES string of the molecule is Cc1cc2[nH]nc(-c3nc4c(N5CCC(F)(F)CC5)nccc4[nH]3)c2cc1-c1cccnc1. The molecule has 1 aliphatic rings. The molecule has 0 unspecified atom stereocenters. The average molecular weight is 445 g/mol. The summed E-state index contributed by atoms with van der Waals surface area (Å²) in [5.41, 5.74) is 6.28. The van der Waals surface area contributed by atoms with E-state index in [1.165, 1.54) is 0 Å². The monoisotopic (exact) mass is 445 g/mol. The Bertz CT molecular complexity index is 1460. The highest BCUT2D eigenvalue weighted by Gasteiger charge is 2.35. The molecule has 0 saturated carbocycles. The number of nitrogens with one attached hydrogen (secondary N) is 2. The minimum atomic E-state index is -2.61. The van der Waals surface area contributed by atoms with Gasteiger partial charge in [0.1, 0.15) is 11.2 Å². The maximum absolute atomic E-state index is 13.6. The molecule has 4 aromatic heterocycles. The normalized spacial score (nSPS) is 16.0. The van der Waals surface area contributed by atoms with Crippen LogP contribution in [0.1, 0.15) is 18.4 Å². The number of pyridine rings is 2. The Labute approximate surface area is 187 Å². The molecule has 0 spiro atoms. The predicted molar refractivity (Wildman–Crippen MR) is 123 cm³/mol. The van der Waals surface area contributed by atoms with Crippen molar-refractivity contribution in [2.45, 2.75) is 25.7 Å². The van der Waals surface area contributed by atoms with Gasteiger partial charge in [0.05, 0.1) is 11.0 Å². The van der Waals surface area contributed by atoms with E-state index in [9.17, 15) is 8.78 Å². The van der Waals surface area contributed by atoms with Gasteiger partial charge < -0.3 is 9.88 Å². The molecule has 0 atom stereocenters. The minimum Gasteiger partial charge on any atom is -0.354 e. The molecule has 33 heavy (non-hydrogen) atoms. The van der Waals surface area contributed by atoms with E-state index in [1.807, 2.05) is 29.3 Å². The number of aromatic amines is 2. The number of fused-ring (bicyclic) bond motifs is 2. The Morgan fingerprint density at radius 3 is 2.70 bits per heavy atom. The second-order valence-corrected chi connectivity index (χ2v) is 8.49. The van der Waals surface area contributed by atoms with Gasteiger partial charge in [0, 0.05) is 55.5 Å². The molecule has 166 valence electrons. The molecule has 6 rings (SSSR count). The highest BCUT2D eigenvalue weighted by atomic mass is 19.3. The standard InChI is InChI=1S/C24H21F2N7/c1-14-11-19-17(12-16(14)15-3-2-7-27-13-15)20(32-31-19)22-29-18-4-8-28-23(21(18)30-22)33-9-5-24(25,26)6-10-33/h2-4,7-8,11-13H,5-6,9-10H2,1H3,(H,29,30)(H,31,32). The van der Waals surface area contributed by atoms with Gasteiger partial charge in [-0.2, -0.15) is 5.10 Å². The van der Waals surface area contributed by atoms with Crippen LogP contribution in [0.25, 0.3) is 44.6 Å². The van der Waals surface area contributed by atoms with Crippen molar-refractivity contribution in [3.63, 3.8) is 0 Å². The summed E-state index contributed by atoms with van der Waals surface area (Å²) in [6, 6.07) is 9.95. The van der Waals surface area contributed by atoms with E-state index in [0.717, 1.165) is 33.1 Å². The van der Waals surface area contributed by atoms with Gasteiger partial charge in [-0.1, -0.05) is 6.07 Å². The number of rotatable bonds is 3. The molecule has 9 heteroatoms. The van der Waals surface area contributed by atoms with Crippen LogP contribution >= 0.6 is 0 Å². The lowest BCUT2D eigenvalue weighted by Gasteiger charge is -2.32. The molecule has 5 heterocycles. The number of halogens is 2. The van der Waals surface area contributed by atoms with Crippen LogP contribution in [-0.4, -0.2) is 49.1 Å². The first-order valence-corrected chi connectivity index (χ1v) is 10.9. The molecule has 7 nitrogen and oxygen atoms in total. The average Bonchev–Trinajstić information content (AvgIpc) is 3.42. The highest BCUT2D eigenvalue weighted by Crippen LogP contribution is 2.35. The van der Waals surface area contributed by atoms with Crippen LogP contribution in [0, 0.1) is 6.92 Å². The van der Waals surface area contributed by atoms with Crippen LogP contribution < -0.4 is 4.90 Å². The zero-order chi connectivity index (χ0) is 22.6. The molecular weight excluding hydrogens is 424 g/mol. The van der Waals surface area contributed by atoms with Crippen LogP contribution in [0.5, 0.6) is 0 Å². The molecule has 2 N–H and O–H groups in total. The number of benzene rings is 1. The summed E-state index contributed by atoms with van der Waals surface area (Å²) in [6.45, 7) is 2.56. The van der Waals surface area contributed by atoms with Crippen molar-refractivity contribution in [1.29, 1.82) is 0 Å². The van der Waals surface area contributed by atoms with Gasteiger partial charge in [0.15, 0.2) is 11.6 Å². The molecule has 1 aromatic carbocycles. The number of aromatic nitrogens is 6. The summed E-state index contributed by atoms with van der Waals surface area (Å²) in [5, 5.41) is 8.57. The van der Waals surface area contributed by atoms with Gasteiger partial charge >= 0.3 is 0 Å². The topological polar surface area (TPSA) is 86.4 Å². The Morgan fingerprint density at radius 2 is 1.91 bits per heavy atom. The maximum Gasteiger partial charge on any atom is 0.251 e. The summed E-state index contributed by atoms with van der Waals surface area (Å²) in [4.78, 5) is 18.7. The fourth-order valence-corrected chi connectivity index (χ4v) is 4.50. The summed E-state index contributed by atoms with van der Waals surface area (Å²) >= 11 is 0. The van der Waals surface area contributed by atoms with E-state index >= 15 is 0 Å². The number of hydrogen-bond acceptors (Lipinski definition) is 5. The lowest BCUT2D eigenvalue weighted by molar-refractivity contribution is -0.0221. The quantitative estimate of drug-likeness (QED) is 0.403. The van der Waals surface area contributed by atoms with Gasteiger partial charge in [0.2, 0.25) is 0 Å². The van der Waals surface area contributed by atoms with Crippen LogP contribution in [0.4, 0.5) is 14.6 Å². The van der Waals surface area contributed by atoms with E-state index < -0.39 is 5.92 Å². The van der Waals surface area contributed by atoms with Crippen LogP contribution in [0.3, 0.4) is 0 Å². The number of piperidine rings is 1. The van der Waals surface area contributed by atoms with Crippen LogP contribution in [-0.2, 0) is 0 Å². The van der Waals surface area contributed by atoms with Crippen molar-refractivity contribution in [3.8, 4) is 22.6 Å². The summed E-state index contributed by atoms with van der Waals surface area (Å²) in [5.74, 6) is -1.38. The molecular formula is C24H21F2N7. The zero-order valence-corrected chi connectivity index (χ0v) is 17.9. The van der Waals surface area contributed by atoms with Crippen molar-refractivity contribution in [3.05, 3.63) is 54.5 Å². The highest BCUT2D eigenvalue weighted by molar-refractivity contribution is 5.97. The Balaban J connectivity index is 1.44. The number of imidazole rings is 1. The summed E-state index contributed by atoms with van der Waals surface area (Å²) in [6.07, 6.45) is 4.92. The smallest absolute Gasteiger partial charge is 0.251 e. The van der Waals surface area contributed by atoms with Gasteiger partial charge in [-0.15, -0.1) is 0 Å². The second-order valence-electron chi connectivity index (χ2n) is 8.49. The van der Waals surface area contributed by atoms with Crippen molar-refractivity contribution in [2.24, 2.45) is 0 Å². The first kappa shape index (κ1) is 19.8. The summed E-state index contributed by atoms with van der Waals surface area (Å²) < 4.78 is 27.3. The predicted octanol–water partition coefficient (Wildman–Crippen LogP) is 5.11. The largest absolute Gasteiger partial charge is 0.354 e. The van der Waals surface area contributed by atoms with E-state index in [0.29, 0.717) is 22.9 Å². The Kier molecular flexibility index (Phi) is 4.39. The third kappa shape index (κ3) is 3.40. The summed E-state index contributed by atoms with van der Waals surface area (Å²) in [7, 11) is 0. The Morgan fingerprint density at radius 1 is 1.06 bits per heavy atom. The van der Waals surface area contributed by atoms with E-state index in [-0.39, 0.29) is 25.9 Å². The lowest BCUT2D eigenvalue weighted by atomic mass is 9.99. The van der Waals surface area contributed by atoms with Crippen molar-refractivity contribution in [2.75, 3.05) is 18.0 Å². The molecule has 0 aliphatic carbocycles. The van der Waals surface area contributed by atoms with Gasteiger partial charge in [0.25, 0.3) is 5.92 Å². The molecule has 1 saturated heterocycles. The van der Waals surface area contributed by atoms with Crippen molar-refractivity contribution in [1.82, 2.24) is 30.1 Å². The minimum absolute atomic E-state index is 0.178. The Hall–Kier alpha value is -3.88. The van der Waals surface area contributed by atoms with Crippen LogP contribution in [0.15, 0.2) is 48.9 Å². The molecule has 5 aromatic rings. The van der Waals surface area contributed by atoms with Gasteiger partial charge in [-0.05, 0) is 42.3 Å². The first-order chi connectivity index (χ1) is 16.0. The van der Waals surface area contributed by atoms with Crippen molar-refractivity contribution >= 4 is 27.8 Å². The fourth-order valence-electron chi connectivity index (χ4n) is 4.50. The first-order valence-electron chi connectivity index (χ1n) is 10.9. The molecule has 0 bridgehead atoms. The maximum atomic E-state index is 13.6. The van der Waals surface area contributed by atoms with E-state index in [4.69, 9.17) is 4.98 Å². The van der Waals surface area contributed by atoms with E-state index in [2.05, 4.69) is 44.2 Å². The molecule has 0 amide bonds. The van der Waals surface area contributed by atoms with Crippen LogP contribution in [0.2, 0.25) is 0 Å². The number of nitrogens with zero attached hydrogens (tertiary/aromatic N) is 5.